The van der Waals surface area contributed by atoms with Crippen molar-refractivity contribution in [2.45, 2.75) is 32.7 Å². The second kappa shape index (κ2) is 9.15. The first kappa shape index (κ1) is 16.2. The Labute approximate surface area is 121 Å². The Morgan fingerprint density at radius 3 is 2.80 bits per heavy atom. The summed E-state index contributed by atoms with van der Waals surface area (Å²) in [5, 5.41) is 2.86. The number of benzene rings is 1. The maximum Gasteiger partial charge on any atom is 0.244 e. The first-order valence-electron chi connectivity index (χ1n) is 7.11. The lowest BCUT2D eigenvalue weighted by Crippen LogP contribution is -2.38. The van der Waals surface area contributed by atoms with Crippen molar-refractivity contribution in [1.82, 2.24) is 5.32 Å². The maximum atomic E-state index is 11.8. The highest BCUT2D eigenvalue weighted by Gasteiger charge is 2.06. The summed E-state index contributed by atoms with van der Waals surface area (Å²) in [4.78, 5) is 11.8. The molecule has 0 bridgehead atoms. The molecule has 1 amide bonds. The standard InChI is InChI=1S/C16H24N2O2/c1-3-11-20-15-8-6-5-7-13(15)9-10-16(19)18-14(4-2)12-17/h5-10,14H,3-4,11-12,17H2,1-2H3,(H,18,19)/b10-9+. The number of para-hydroxylation sites is 1. The summed E-state index contributed by atoms with van der Waals surface area (Å²) in [5.41, 5.74) is 6.46. The number of carbonyl (C=O) groups excluding carboxylic acids is 1. The molecule has 0 aliphatic carbocycles. The number of ether oxygens (including phenoxy) is 1. The fraction of sp³-hybridized carbons (Fsp3) is 0.438. The zero-order valence-corrected chi connectivity index (χ0v) is 12.3. The van der Waals surface area contributed by atoms with Crippen LogP contribution in [0.4, 0.5) is 0 Å². The van der Waals surface area contributed by atoms with E-state index in [1.165, 1.54) is 6.08 Å². The number of nitrogens with two attached hydrogens (primary N) is 1. The van der Waals surface area contributed by atoms with Gasteiger partial charge in [0.25, 0.3) is 0 Å². The van der Waals surface area contributed by atoms with Crippen molar-refractivity contribution in [3.05, 3.63) is 35.9 Å². The molecule has 0 spiro atoms. The first-order valence-corrected chi connectivity index (χ1v) is 7.11. The number of amides is 1. The van der Waals surface area contributed by atoms with Crippen LogP contribution in [0.2, 0.25) is 0 Å². The molecule has 0 aliphatic rings. The smallest absolute Gasteiger partial charge is 0.244 e. The average molecular weight is 276 g/mol. The van der Waals surface area contributed by atoms with E-state index in [0.717, 1.165) is 24.2 Å². The summed E-state index contributed by atoms with van der Waals surface area (Å²) in [6.07, 6.45) is 5.06. The van der Waals surface area contributed by atoms with E-state index in [-0.39, 0.29) is 11.9 Å². The SMILES string of the molecule is CCCOc1ccccc1/C=C/C(=O)NC(CC)CN. The minimum atomic E-state index is -0.132. The number of nitrogens with one attached hydrogen (secondary N) is 1. The van der Waals surface area contributed by atoms with Gasteiger partial charge in [0.1, 0.15) is 5.75 Å². The van der Waals surface area contributed by atoms with Gasteiger partial charge in [-0.2, -0.15) is 0 Å². The van der Waals surface area contributed by atoms with Crippen LogP contribution in [-0.2, 0) is 4.79 Å². The van der Waals surface area contributed by atoms with Crippen LogP contribution < -0.4 is 15.8 Å². The Hall–Kier alpha value is -1.81. The van der Waals surface area contributed by atoms with E-state index in [0.29, 0.717) is 13.2 Å². The average Bonchev–Trinajstić information content (AvgIpc) is 2.49. The van der Waals surface area contributed by atoms with E-state index in [1.54, 1.807) is 6.08 Å². The molecule has 0 saturated carbocycles. The summed E-state index contributed by atoms with van der Waals surface area (Å²) in [6.45, 7) is 5.17. The zero-order chi connectivity index (χ0) is 14.8. The number of carbonyl (C=O) groups is 1. The quantitative estimate of drug-likeness (QED) is 0.716. The van der Waals surface area contributed by atoms with Crippen LogP contribution in [0.5, 0.6) is 5.75 Å². The van der Waals surface area contributed by atoms with Crippen LogP contribution in [0.15, 0.2) is 30.3 Å². The summed E-state index contributed by atoms with van der Waals surface area (Å²) >= 11 is 0. The fourth-order valence-corrected chi connectivity index (χ4v) is 1.70. The van der Waals surface area contributed by atoms with Gasteiger partial charge in [0, 0.05) is 24.2 Å². The van der Waals surface area contributed by atoms with Crippen LogP contribution in [0.25, 0.3) is 6.08 Å². The van der Waals surface area contributed by atoms with Crippen molar-refractivity contribution in [2.24, 2.45) is 5.73 Å². The molecule has 0 fully saturated rings. The van der Waals surface area contributed by atoms with Crippen LogP contribution in [0.3, 0.4) is 0 Å². The molecule has 3 N–H and O–H groups in total. The van der Waals surface area contributed by atoms with Gasteiger partial charge < -0.3 is 15.8 Å². The monoisotopic (exact) mass is 276 g/mol. The molecule has 0 heterocycles. The summed E-state index contributed by atoms with van der Waals surface area (Å²) in [6, 6.07) is 7.70. The van der Waals surface area contributed by atoms with Gasteiger partial charge in [0.2, 0.25) is 5.91 Å². The van der Waals surface area contributed by atoms with Crippen molar-refractivity contribution >= 4 is 12.0 Å². The molecule has 1 aromatic rings. The lowest BCUT2D eigenvalue weighted by Gasteiger charge is -2.12. The van der Waals surface area contributed by atoms with Gasteiger partial charge in [-0.25, -0.2) is 0 Å². The zero-order valence-electron chi connectivity index (χ0n) is 12.3. The molecule has 1 aromatic carbocycles. The van der Waals surface area contributed by atoms with Gasteiger partial charge in [-0.1, -0.05) is 32.0 Å². The predicted molar refractivity (Wildman–Crippen MR) is 82.5 cm³/mol. The largest absolute Gasteiger partial charge is 0.493 e. The second-order valence-corrected chi connectivity index (χ2v) is 4.57. The first-order chi connectivity index (χ1) is 9.71. The van der Waals surface area contributed by atoms with Crippen molar-refractivity contribution in [3.63, 3.8) is 0 Å². The fourth-order valence-electron chi connectivity index (χ4n) is 1.70. The highest BCUT2D eigenvalue weighted by molar-refractivity contribution is 5.92. The van der Waals surface area contributed by atoms with E-state index < -0.39 is 0 Å². The van der Waals surface area contributed by atoms with Crippen LogP contribution in [0, 0.1) is 0 Å². The van der Waals surface area contributed by atoms with E-state index in [4.69, 9.17) is 10.5 Å². The normalized spacial score (nSPS) is 12.3. The van der Waals surface area contributed by atoms with Gasteiger partial charge in [0.15, 0.2) is 0 Å². The predicted octanol–water partition coefficient (Wildman–Crippen LogP) is 2.34. The topological polar surface area (TPSA) is 64.3 Å². The summed E-state index contributed by atoms with van der Waals surface area (Å²) in [5.74, 6) is 0.664. The molecule has 0 aromatic heterocycles. The van der Waals surface area contributed by atoms with Gasteiger partial charge in [-0.15, -0.1) is 0 Å². The minimum absolute atomic E-state index is 0.0266. The second-order valence-electron chi connectivity index (χ2n) is 4.57. The molecule has 1 atom stereocenters. The lowest BCUT2D eigenvalue weighted by atomic mass is 10.2. The van der Waals surface area contributed by atoms with E-state index in [9.17, 15) is 4.79 Å². The van der Waals surface area contributed by atoms with Crippen molar-refractivity contribution in [3.8, 4) is 5.75 Å². The molecule has 1 unspecified atom stereocenters. The molecule has 1 rings (SSSR count). The summed E-state index contributed by atoms with van der Waals surface area (Å²) < 4.78 is 5.64. The Kier molecular flexibility index (Phi) is 7.43. The third-order valence-electron chi connectivity index (χ3n) is 2.92. The molecule has 0 radical (unpaired) electrons. The Morgan fingerprint density at radius 2 is 2.15 bits per heavy atom. The van der Waals surface area contributed by atoms with Crippen LogP contribution in [0.1, 0.15) is 32.3 Å². The molecule has 20 heavy (non-hydrogen) atoms. The maximum absolute atomic E-state index is 11.8. The number of hydrogen-bond acceptors (Lipinski definition) is 3. The Balaban J connectivity index is 2.67. The molecule has 0 aliphatic heterocycles. The Bertz CT molecular complexity index is 440. The third kappa shape index (κ3) is 5.45. The van der Waals surface area contributed by atoms with E-state index in [2.05, 4.69) is 12.2 Å². The van der Waals surface area contributed by atoms with E-state index in [1.807, 2.05) is 31.2 Å². The molecule has 0 saturated heterocycles. The highest BCUT2D eigenvalue weighted by Crippen LogP contribution is 2.19. The van der Waals surface area contributed by atoms with Gasteiger partial charge >= 0.3 is 0 Å². The third-order valence-corrected chi connectivity index (χ3v) is 2.92. The number of rotatable bonds is 8. The number of hydrogen-bond donors (Lipinski definition) is 2. The lowest BCUT2D eigenvalue weighted by molar-refractivity contribution is -0.117. The van der Waals surface area contributed by atoms with Crippen molar-refractivity contribution in [2.75, 3.05) is 13.2 Å². The molecular formula is C16H24N2O2. The van der Waals surface area contributed by atoms with Gasteiger partial charge in [0.05, 0.1) is 6.61 Å². The molecule has 110 valence electrons. The van der Waals surface area contributed by atoms with Crippen molar-refractivity contribution in [1.29, 1.82) is 0 Å². The van der Waals surface area contributed by atoms with Crippen LogP contribution >= 0.6 is 0 Å². The van der Waals surface area contributed by atoms with Gasteiger partial charge in [-0.05, 0) is 25.0 Å². The molecular weight excluding hydrogens is 252 g/mol. The van der Waals surface area contributed by atoms with Crippen LogP contribution in [-0.4, -0.2) is 25.1 Å². The summed E-state index contributed by atoms with van der Waals surface area (Å²) in [7, 11) is 0. The molecule has 4 heteroatoms. The van der Waals surface area contributed by atoms with Gasteiger partial charge in [-0.3, -0.25) is 4.79 Å². The van der Waals surface area contributed by atoms with Crippen molar-refractivity contribution < 1.29 is 9.53 Å². The minimum Gasteiger partial charge on any atom is -0.493 e. The highest BCUT2D eigenvalue weighted by atomic mass is 16.5. The molecule has 4 nitrogen and oxygen atoms in total. The van der Waals surface area contributed by atoms with E-state index >= 15 is 0 Å². The Morgan fingerprint density at radius 1 is 1.40 bits per heavy atom.